The number of carbonyl (C=O) groups excluding carboxylic acids is 1. The van der Waals surface area contributed by atoms with Crippen molar-refractivity contribution in [3.8, 4) is 0 Å². The van der Waals surface area contributed by atoms with Crippen LogP contribution in [0.2, 0.25) is 0 Å². The van der Waals surface area contributed by atoms with Crippen LogP contribution in [0.3, 0.4) is 0 Å². The molecule has 0 saturated carbocycles. The van der Waals surface area contributed by atoms with Gasteiger partial charge in [-0.2, -0.15) is 0 Å². The minimum absolute atomic E-state index is 0.0147. The van der Waals surface area contributed by atoms with Gasteiger partial charge in [0.1, 0.15) is 5.82 Å². The number of Topliss-reactive ketones (excluding diaryl/α,β-unsaturated/α-hetero) is 1. The molecule has 6 nitrogen and oxygen atoms in total. The van der Waals surface area contributed by atoms with Crippen molar-refractivity contribution in [3.05, 3.63) is 53.8 Å². The molecule has 0 radical (unpaired) electrons. The number of carbonyl (C=O) groups is 1. The third kappa shape index (κ3) is 4.43. The number of rotatable bonds is 8. The van der Waals surface area contributed by atoms with E-state index in [4.69, 9.17) is 5.14 Å². The van der Waals surface area contributed by atoms with E-state index in [0.29, 0.717) is 17.2 Å². The monoisotopic (exact) mass is 421 g/mol. The number of sulfonamides is 1. The number of hydrogen-bond acceptors (Lipinski definition) is 5. The van der Waals surface area contributed by atoms with Crippen LogP contribution < -0.4 is 5.14 Å². The van der Waals surface area contributed by atoms with Crippen LogP contribution in [-0.2, 0) is 16.6 Å². The van der Waals surface area contributed by atoms with Crippen molar-refractivity contribution >= 4 is 38.6 Å². The summed E-state index contributed by atoms with van der Waals surface area (Å²) in [7, 11) is -3.83. The first-order valence-electron chi connectivity index (χ1n) is 8.75. The molecule has 3 aromatic rings. The molecule has 1 heterocycles. The zero-order chi connectivity index (χ0) is 20.3. The minimum atomic E-state index is -3.83. The van der Waals surface area contributed by atoms with E-state index in [9.17, 15) is 17.6 Å². The molecule has 0 unspecified atom stereocenters. The van der Waals surface area contributed by atoms with E-state index in [2.05, 4.69) is 11.9 Å². The highest BCUT2D eigenvalue weighted by atomic mass is 32.2. The zero-order valence-electron chi connectivity index (χ0n) is 15.3. The molecule has 0 aliphatic carbocycles. The first-order valence-corrected chi connectivity index (χ1v) is 11.3. The Labute approximate surface area is 167 Å². The van der Waals surface area contributed by atoms with Gasteiger partial charge in [-0.25, -0.2) is 22.9 Å². The Kier molecular flexibility index (Phi) is 6.17. The van der Waals surface area contributed by atoms with Gasteiger partial charge in [-0.3, -0.25) is 4.79 Å². The van der Waals surface area contributed by atoms with Gasteiger partial charge in [0.15, 0.2) is 10.9 Å². The molecule has 28 heavy (non-hydrogen) atoms. The quantitative estimate of drug-likeness (QED) is 0.443. The number of thioether (sulfide) groups is 1. The summed E-state index contributed by atoms with van der Waals surface area (Å²) in [6, 6.07) is 10.4. The van der Waals surface area contributed by atoms with Gasteiger partial charge in [0.2, 0.25) is 10.0 Å². The number of ketones is 1. The van der Waals surface area contributed by atoms with Crippen molar-refractivity contribution in [1.82, 2.24) is 9.55 Å². The lowest BCUT2D eigenvalue weighted by molar-refractivity contribution is 0.101. The summed E-state index contributed by atoms with van der Waals surface area (Å²) in [6.07, 6.45) is 1.87. The number of unbranched alkanes of at least 4 members (excludes halogenated alkanes) is 1. The van der Waals surface area contributed by atoms with Crippen LogP contribution in [-0.4, -0.2) is 29.5 Å². The van der Waals surface area contributed by atoms with Gasteiger partial charge in [0, 0.05) is 6.54 Å². The molecule has 0 fully saturated rings. The van der Waals surface area contributed by atoms with Crippen molar-refractivity contribution < 1.29 is 17.6 Å². The first-order chi connectivity index (χ1) is 13.3. The third-order valence-corrected chi connectivity index (χ3v) is 6.14. The summed E-state index contributed by atoms with van der Waals surface area (Å²) in [5, 5.41) is 5.79. The molecule has 0 bridgehead atoms. The Hall–Kier alpha value is -2.23. The number of primary sulfonamides is 1. The zero-order valence-corrected chi connectivity index (χ0v) is 16.9. The molecule has 0 atom stereocenters. The minimum Gasteiger partial charge on any atom is -0.319 e. The Balaban J connectivity index is 1.92. The van der Waals surface area contributed by atoms with Gasteiger partial charge in [-0.05, 0) is 36.8 Å². The number of halogens is 1. The van der Waals surface area contributed by atoms with Crippen molar-refractivity contribution in [2.45, 2.75) is 36.4 Å². The second kappa shape index (κ2) is 8.42. The predicted octanol–water partition coefficient (Wildman–Crippen LogP) is 3.60. The van der Waals surface area contributed by atoms with Crippen LogP contribution in [0.25, 0.3) is 11.0 Å². The Morgan fingerprint density at radius 2 is 2.00 bits per heavy atom. The molecule has 2 aromatic carbocycles. The number of aromatic nitrogens is 2. The highest BCUT2D eigenvalue weighted by Crippen LogP contribution is 2.27. The Morgan fingerprint density at radius 1 is 1.25 bits per heavy atom. The molecule has 0 saturated heterocycles. The SMILES string of the molecule is CCCCn1c(SCC(=O)c2ccccc2F)nc2cc(S(N)(=O)=O)ccc21. The topological polar surface area (TPSA) is 95.0 Å². The third-order valence-electron chi connectivity index (χ3n) is 4.26. The molecule has 0 aliphatic rings. The molecule has 0 spiro atoms. The summed E-state index contributed by atoms with van der Waals surface area (Å²) >= 11 is 1.20. The second-order valence-corrected chi connectivity index (χ2v) is 8.79. The molecule has 148 valence electrons. The fourth-order valence-electron chi connectivity index (χ4n) is 2.80. The molecule has 0 aliphatic heterocycles. The van der Waals surface area contributed by atoms with E-state index in [1.807, 2.05) is 4.57 Å². The van der Waals surface area contributed by atoms with E-state index >= 15 is 0 Å². The molecule has 1 aromatic heterocycles. The summed E-state index contributed by atoms with van der Waals surface area (Å²) in [6.45, 7) is 2.74. The van der Waals surface area contributed by atoms with E-state index in [1.165, 1.54) is 42.1 Å². The average Bonchev–Trinajstić information content (AvgIpc) is 3.00. The first kappa shape index (κ1) is 20.5. The van der Waals surface area contributed by atoms with E-state index < -0.39 is 15.8 Å². The van der Waals surface area contributed by atoms with E-state index in [-0.39, 0.29) is 22.0 Å². The maximum Gasteiger partial charge on any atom is 0.238 e. The number of hydrogen-bond donors (Lipinski definition) is 1. The van der Waals surface area contributed by atoms with Gasteiger partial charge in [-0.1, -0.05) is 37.2 Å². The average molecular weight is 422 g/mol. The number of aryl methyl sites for hydroxylation is 1. The summed E-state index contributed by atoms with van der Waals surface area (Å²) in [5.41, 5.74) is 1.30. The maximum absolute atomic E-state index is 13.8. The van der Waals surface area contributed by atoms with Crippen LogP contribution >= 0.6 is 11.8 Å². The van der Waals surface area contributed by atoms with Crippen LogP contribution in [0.15, 0.2) is 52.5 Å². The van der Waals surface area contributed by atoms with Crippen LogP contribution in [0.4, 0.5) is 4.39 Å². The van der Waals surface area contributed by atoms with Crippen molar-refractivity contribution in [3.63, 3.8) is 0 Å². The maximum atomic E-state index is 13.8. The van der Waals surface area contributed by atoms with Crippen molar-refractivity contribution in [1.29, 1.82) is 0 Å². The summed E-state index contributed by atoms with van der Waals surface area (Å²) in [5.74, 6) is -0.855. The lowest BCUT2D eigenvalue weighted by Crippen LogP contribution is -2.11. The molecular formula is C19H20FN3O3S2. The van der Waals surface area contributed by atoms with E-state index in [1.54, 1.807) is 12.1 Å². The summed E-state index contributed by atoms with van der Waals surface area (Å²) in [4.78, 5) is 16.8. The molecular weight excluding hydrogens is 401 g/mol. The second-order valence-electron chi connectivity index (χ2n) is 6.29. The van der Waals surface area contributed by atoms with Gasteiger partial charge < -0.3 is 4.57 Å². The van der Waals surface area contributed by atoms with Crippen LogP contribution in [0.1, 0.15) is 30.1 Å². The molecule has 2 N–H and O–H groups in total. The van der Waals surface area contributed by atoms with Crippen molar-refractivity contribution in [2.75, 3.05) is 5.75 Å². The lowest BCUT2D eigenvalue weighted by atomic mass is 10.1. The number of benzene rings is 2. The smallest absolute Gasteiger partial charge is 0.238 e. The normalized spacial score (nSPS) is 11.8. The molecule has 9 heteroatoms. The number of imidazole rings is 1. The number of nitrogens with two attached hydrogens (primary N) is 1. The summed E-state index contributed by atoms with van der Waals surface area (Å²) < 4.78 is 39.0. The Bertz CT molecular complexity index is 1130. The van der Waals surface area contributed by atoms with Gasteiger partial charge >= 0.3 is 0 Å². The molecule has 0 amide bonds. The van der Waals surface area contributed by atoms with Crippen LogP contribution in [0, 0.1) is 5.82 Å². The highest BCUT2D eigenvalue weighted by molar-refractivity contribution is 7.99. The largest absolute Gasteiger partial charge is 0.319 e. The van der Waals surface area contributed by atoms with Gasteiger partial charge in [0.05, 0.1) is 27.2 Å². The van der Waals surface area contributed by atoms with Crippen LogP contribution in [0.5, 0.6) is 0 Å². The molecule has 3 rings (SSSR count). The van der Waals surface area contributed by atoms with E-state index in [0.717, 1.165) is 18.4 Å². The van der Waals surface area contributed by atoms with Crippen molar-refractivity contribution in [2.24, 2.45) is 5.14 Å². The lowest BCUT2D eigenvalue weighted by Gasteiger charge is -2.08. The van der Waals surface area contributed by atoms with Gasteiger partial charge in [0.25, 0.3) is 0 Å². The number of fused-ring (bicyclic) bond motifs is 1. The fraction of sp³-hybridized carbons (Fsp3) is 0.263. The Morgan fingerprint density at radius 3 is 2.68 bits per heavy atom. The van der Waals surface area contributed by atoms with Gasteiger partial charge in [-0.15, -0.1) is 0 Å². The standard InChI is InChI=1S/C19H20FN3O3S2/c1-2-3-10-23-17-9-8-13(28(21,25)26)11-16(17)22-19(23)27-12-18(24)14-6-4-5-7-15(14)20/h4-9,11H,2-3,10,12H2,1H3,(H2,21,25,26). The number of nitrogens with zero attached hydrogens (tertiary/aromatic N) is 2. The fourth-order valence-corrected chi connectivity index (χ4v) is 4.26. The highest BCUT2D eigenvalue weighted by Gasteiger charge is 2.17. The predicted molar refractivity (Wildman–Crippen MR) is 107 cm³/mol.